The molecule has 3 rings (SSSR count). The number of carbonyl (C=O) groups is 1. The van der Waals surface area contributed by atoms with Crippen LogP contribution in [0, 0.1) is 6.92 Å². The van der Waals surface area contributed by atoms with E-state index < -0.39 is 12.1 Å². The van der Waals surface area contributed by atoms with Gasteiger partial charge in [-0.1, -0.05) is 24.3 Å². The number of nitrogens with zero attached hydrogens (tertiary/aromatic N) is 2. The molecule has 1 N–H and O–H groups in total. The number of carbonyl (C=O) groups excluding carboxylic acids is 1. The van der Waals surface area contributed by atoms with Crippen LogP contribution in [0.25, 0.3) is 0 Å². The second-order valence-electron chi connectivity index (χ2n) is 7.04. The lowest BCUT2D eigenvalue weighted by Crippen LogP contribution is -2.47. The van der Waals surface area contributed by atoms with Crippen molar-refractivity contribution < 1.29 is 19.4 Å². The molecule has 158 valence electrons. The summed E-state index contributed by atoms with van der Waals surface area (Å²) in [5, 5.41) is 10.7. The van der Waals surface area contributed by atoms with Crippen LogP contribution in [0.1, 0.15) is 27.6 Å². The molecular weight excluding hydrogens is 392 g/mol. The van der Waals surface area contributed by atoms with E-state index in [-0.39, 0.29) is 12.4 Å². The molecule has 0 bridgehead atoms. The van der Waals surface area contributed by atoms with Crippen molar-refractivity contribution in [1.82, 2.24) is 4.90 Å². The number of piperazine rings is 1. The van der Waals surface area contributed by atoms with Crippen molar-refractivity contribution in [2.75, 3.05) is 51.8 Å². The van der Waals surface area contributed by atoms with Crippen LogP contribution in [-0.2, 0) is 4.74 Å². The minimum atomic E-state index is -0.681. The lowest BCUT2D eigenvalue weighted by atomic mass is 10.0. The van der Waals surface area contributed by atoms with Crippen LogP contribution in [0.5, 0.6) is 5.75 Å². The molecule has 1 unspecified atom stereocenters. The molecule has 1 heterocycles. The normalized spacial score (nSPS) is 15.4. The first kappa shape index (κ1) is 23.0. The number of aliphatic hydroxyl groups is 1. The Bertz CT molecular complexity index is 822. The largest absolute Gasteiger partial charge is 0.496 e. The fourth-order valence-corrected chi connectivity index (χ4v) is 3.64. The van der Waals surface area contributed by atoms with Crippen LogP contribution >= 0.6 is 12.4 Å². The van der Waals surface area contributed by atoms with Gasteiger partial charge < -0.3 is 19.5 Å². The lowest BCUT2D eigenvalue weighted by Gasteiger charge is -2.37. The molecule has 0 radical (unpaired) electrons. The first-order valence-corrected chi connectivity index (χ1v) is 9.50. The number of esters is 1. The number of methoxy groups -OCH3 is 2. The highest BCUT2D eigenvalue weighted by Crippen LogP contribution is 2.26. The van der Waals surface area contributed by atoms with E-state index in [9.17, 15) is 9.90 Å². The molecule has 0 aliphatic carbocycles. The number of para-hydroxylation sites is 1. The van der Waals surface area contributed by atoms with Crippen LogP contribution in [0.15, 0.2) is 42.5 Å². The second kappa shape index (κ2) is 10.5. The molecule has 0 saturated carbocycles. The molecule has 2 aromatic carbocycles. The number of benzene rings is 2. The van der Waals surface area contributed by atoms with Crippen LogP contribution in [0.3, 0.4) is 0 Å². The summed E-state index contributed by atoms with van der Waals surface area (Å²) in [6.45, 7) is 6.26. The Hall–Kier alpha value is -2.28. The maximum atomic E-state index is 12.0. The predicted octanol–water partition coefficient (Wildman–Crippen LogP) is 3.07. The second-order valence-corrected chi connectivity index (χ2v) is 7.04. The Morgan fingerprint density at radius 3 is 2.41 bits per heavy atom. The molecule has 1 saturated heterocycles. The molecule has 0 aromatic heterocycles. The third-order valence-corrected chi connectivity index (χ3v) is 5.27. The summed E-state index contributed by atoms with van der Waals surface area (Å²) in [5.41, 5.74) is 3.57. The van der Waals surface area contributed by atoms with E-state index in [1.54, 1.807) is 18.2 Å². The molecule has 1 atom stereocenters. The van der Waals surface area contributed by atoms with Crippen molar-refractivity contribution >= 4 is 24.1 Å². The van der Waals surface area contributed by atoms with Gasteiger partial charge in [0, 0.05) is 38.4 Å². The van der Waals surface area contributed by atoms with Gasteiger partial charge in [0.15, 0.2) is 0 Å². The van der Waals surface area contributed by atoms with Crippen LogP contribution in [0.4, 0.5) is 5.69 Å². The van der Waals surface area contributed by atoms with Crippen LogP contribution in [0.2, 0.25) is 0 Å². The van der Waals surface area contributed by atoms with Gasteiger partial charge in [0.2, 0.25) is 0 Å². The van der Waals surface area contributed by atoms with E-state index >= 15 is 0 Å². The minimum Gasteiger partial charge on any atom is -0.496 e. The zero-order chi connectivity index (χ0) is 20.1. The Morgan fingerprint density at radius 1 is 1.10 bits per heavy atom. The predicted molar refractivity (Wildman–Crippen MR) is 116 cm³/mol. The van der Waals surface area contributed by atoms with E-state index in [4.69, 9.17) is 9.47 Å². The van der Waals surface area contributed by atoms with Gasteiger partial charge in [0.25, 0.3) is 0 Å². The molecule has 1 fully saturated rings. The Morgan fingerprint density at radius 2 is 1.79 bits per heavy atom. The van der Waals surface area contributed by atoms with Gasteiger partial charge in [0.05, 0.1) is 20.3 Å². The number of hydrogen-bond acceptors (Lipinski definition) is 6. The number of aliphatic hydroxyl groups excluding tert-OH is 1. The van der Waals surface area contributed by atoms with E-state index in [1.807, 2.05) is 0 Å². The molecule has 0 spiro atoms. The number of halogens is 1. The summed E-state index contributed by atoms with van der Waals surface area (Å²) in [6.07, 6.45) is -0.681. The first-order chi connectivity index (χ1) is 13.5. The summed E-state index contributed by atoms with van der Waals surface area (Å²) in [4.78, 5) is 16.6. The zero-order valence-electron chi connectivity index (χ0n) is 17.1. The third kappa shape index (κ3) is 5.41. The highest BCUT2D eigenvalue weighted by atomic mass is 35.5. The van der Waals surface area contributed by atoms with Gasteiger partial charge in [-0.05, 0) is 36.2 Å². The monoisotopic (exact) mass is 420 g/mol. The van der Waals surface area contributed by atoms with Gasteiger partial charge in [-0.2, -0.15) is 0 Å². The van der Waals surface area contributed by atoms with Crippen LogP contribution < -0.4 is 9.64 Å². The Balaban J connectivity index is 0.00000300. The fraction of sp³-hybridized carbons (Fsp3) is 0.409. The summed E-state index contributed by atoms with van der Waals surface area (Å²) in [7, 11) is 2.84. The summed E-state index contributed by atoms with van der Waals surface area (Å²) in [5.74, 6) is -0.0348. The number of ether oxygens (including phenoxy) is 2. The first-order valence-electron chi connectivity index (χ1n) is 9.50. The average molecular weight is 421 g/mol. The zero-order valence-corrected chi connectivity index (χ0v) is 17.9. The fourth-order valence-electron chi connectivity index (χ4n) is 3.64. The van der Waals surface area contributed by atoms with Crippen molar-refractivity contribution in [1.29, 1.82) is 0 Å². The van der Waals surface area contributed by atoms with E-state index in [2.05, 4.69) is 41.0 Å². The molecule has 29 heavy (non-hydrogen) atoms. The summed E-state index contributed by atoms with van der Waals surface area (Å²) < 4.78 is 10.0. The SMILES string of the molecule is COC(=O)c1cc(C(O)CN2CCN(c3ccccc3C)CC2)ccc1OC.Cl. The van der Waals surface area contributed by atoms with Gasteiger partial charge in [-0.25, -0.2) is 4.79 Å². The molecule has 0 amide bonds. The third-order valence-electron chi connectivity index (χ3n) is 5.27. The van der Waals surface area contributed by atoms with Crippen LogP contribution in [-0.4, -0.2) is 62.9 Å². The van der Waals surface area contributed by atoms with Crippen molar-refractivity contribution in [3.63, 3.8) is 0 Å². The lowest BCUT2D eigenvalue weighted by molar-refractivity contribution is 0.0596. The minimum absolute atomic E-state index is 0. The van der Waals surface area contributed by atoms with Gasteiger partial charge >= 0.3 is 5.97 Å². The number of β-amino-alcohol motifs (C(OH)–C–C–N with tert-alkyl or cyclic N) is 1. The smallest absolute Gasteiger partial charge is 0.341 e. The summed E-state index contributed by atoms with van der Waals surface area (Å²) >= 11 is 0. The van der Waals surface area contributed by atoms with Crippen molar-refractivity contribution in [2.24, 2.45) is 0 Å². The topological polar surface area (TPSA) is 62.2 Å². The Labute approximate surface area is 178 Å². The van der Waals surface area contributed by atoms with Gasteiger partial charge in [0.1, 0.15) is 11.3 Å². The maximum Gasteiger partial charge on any atom is 0.341 e. The van der Waals surface area contributed by atoms with E-state index in [0.29, 0.717) is 23.4 Å². The van der Waals surface area contributed by atoms with Crippen molar-refractivity contribution in [3.8, 4) is 5.75 Å². The van der Waals surface area contributed by atoms with E-state index in [0.717, 1.165) is 26.2 Å². The number of hydrogen-bond donors (Lipinski definition) is 1. The van der Waals surface area contributed by atoms with Gasteiger partial charge in [-0.15, -0.1) is 12.4 Å². The molecule has 1 aliphatic rings. The highest BCUT2D eigenvalue weighted by Gasteiger charge is 2.22. The van der Waals surface area contributed by atoms with Crippen molar-refractivity contribution in [2.45, 2.75) is 13.0 Å². The quantitative estimate of drug-likeness (QED) is 0.725. The highest BCUT2D eigenvalue weighted by molar-refractivity contribution is 5.92. The van der Waals surface area contributed by atoms with Crippen molar-refractivity contribution in [3.05, 3.63) is 59.2 Å². The molecule has 2 aromatic rings. The molecule has 1 aliphatic heterocycles. The molecule has 6 nitrogen and oxygen atoms in total. The number of aryl methyl sites for hydroxylation is 1. The number of anilines is 1. The summed E-state index contributed by atoms with van der Waals surface area (Å²) in [6, 6.07) is 13.6. The maximum absolute atomic E-state index is 12.0. The molecule has 7 heteroatoms. The Kier molecular flexibility index (Phi) is 8.32. The number of rotatable bonds is 6. The standard InChI is InChI=1S/C22H28N2O4.ClH/c1-16-6-4-5-7-19(16)24-12-10-23(11-13-24)15-20(25)17-8-9-21(27-2)18(14-17)22(26)28-3;/h4-9,14,20,25H,10-13,15H2,1-3H3;1H. The molecular formula is C22H29ClN2O4. The van der Waals surface area contributed by atoms with Gasteiger partial charge in [-0.3, -0.25) is 4.90 Å². The average Bonchev–Trinajstić information content (AvgIpc) is 2.73. The van der Waals surface area contributed by atoms with E-state index in [1.165, 1.54) is 25.5 Å².